The third-order valence-electron chi connectivity index (χ3n) is 12.2. The number of H-pyrrole nitrogens is 2. The smallest absolute Gasteiger partial charge is 0.117 e. The molecule has 10 heteroatoms. The molecule has 4 aliphatic carbocycles. The SMILES string of the molecule is CON=C(c1n[nH]c2c1C=CC(c1ccccc1)(c1ccsc1)C2)C1CCC1.ON=C(c1n[nH]c2c1C=CC(c1ccccc1)(c1ccsc1)C2)C1CCC1. The summed E-state index contributed by atoms with van der Waals surface area (Å²) in [5.74, 6) is 0.784. The van der Waals surface area contributed by atoms with Gasteiger partial charge in [-0.05, 0) is 81.6 Å². The minimum absolute atomic E-state index is 0.174. The average Bonchev–Trinajstić information content (AvgIpc) is 4.04. The Bertz CT molecular complexity index is 2350. The lowest BCUT2D eigenvalue weighted by Gasteiger charge is -2.33. The van der Waals surface area contributed by atoms with Crippen molar-refractivity contribution in [3.05, 3.63) is 163 Å². The van der Waals surface area contributed by atoms with Gasteiger partial charge in [-0.1, -0.05) is 108 Å². The summed E-state index contributed by atoms with van der Waals surface area (Å²) >= 11 is 3.47. The van der Waals surface area contributed by atoms with Crippen LogP contribution in [0.15, 0.2) is 117 Å². The van der Waals surface area contributed by atoms with E-state index < -0.39 is 0 Å². The Morgan fingerprint density at radius 3 is 1.55 bits per heavy atom. The van der Waals surface area contributed by atoms with Gasteiger partial charge in [-0.2, -0.15) is 32.9 Å². The molecule has 2 aromatic carbocycles. The molecule has 278 valence electrons. The number of hydrogen-bond donors (Lipinski definition) is 3. The number of hydrogen-bond acceptors (Lipinski definition) is 8. The minimum atomic E-state index is -0.203. The number of aromatic amines is 2. The molecule has 4 heterocycles. The number of oxime groups is 2. The summed E-state index contributed by atoms with van der Waals surface area (Å²) < 4.78 is 0. The molecule has 2 unspecified atom stereocenters. The number of benzene rings is 2. The van der Waals surface area contributed by atoms with Crippen molar-refractivity contribution < 1.29 is 10.0 Å². The predicted octanol–water partition coefficient (Wildman–Crippen LogP) is 10.2. The minimum Gasteiger partial charge on any atom is -0.411 e. The Morgan fingerprint density at radius 2 is 1.15 bits per heavy atom. The predicted molar refractivity (Wildman–Crippen MR) is 222 cm³/mol. The quantitative estimate of drug-likeness (QED) is 0.0773. The topological polar surface area (TPSA) is 112 Å². The molecule has 0 amide bonds. The van der Waals surface area contributed by atoms with Crippen LogP contribution in [0, 0.1) is 11.8 Å². The van der Waals surface area contributed by atoms with Crippen LogP contribution in [-0.2, 0) is 28.5 Å². The van der Waals surface area contributed by atoms with Gasteiger partial charge in [-0.15, -0.1) is 0 Å². The molecule has 0 saturated heterocycles. The van der Waals surface area contributed by atoms with E-state index in [4.69, 9.17) is 4.84 Å². The molecule has 0 bridgehead atoms. The van der Waals surface area contributed by atoms with E-state index >= 15 is 0 Å². The highest BCUT2D eigenvalue weighted by molar-refractivity contribution is 7.08. The molecule has 4 aliphatic rings. The van der Waals surface area contributed by atoms with Crippen molar-refractivity contribution in [3.63, 3.8) is 0 Å². The number of nitrogens with one attached hydrogen (secondary N) is 2. The van der Waals surface area contributed by atoms with Gasteiger partial charge in [0.2, 0.25) is 0 Å². The standard InChI is InChI=1S/C23H23N3OS.C22H21N3OS/c1-27-26-21(16-6-5-7-16)22-19-10-12-23(14-20(19)24-25-22,18-11-13-28-15-18)17-8-3-2-4-9-17;26-25-20(15-5-4-6-15)21-18-9-11-22(13-19(18)23-24-21,17-10-12-27-14-17)16-7-2-1-3-8-16/h2-4,8-13,15-16H,5-7,14H2,1H3,(H,24,25);1-3,7-12,14-15,26H,4-6,13H2,(H,23,24). The summed E-state index contributed by atoms with van der Waals surface area (Å²) in [6.45, 7) is 0. The maximum atomic E-state index is 9.58. The van der Waals surface area contributed by atoms with Crippen LogP contribution in [0.5, 0.6) is 0 Å². The lowest BCUT2D eigenvalue weighted by molar-refractivity contribution is 0.208. The lowest BCUT2D eigenvalue weighted by atomic mass is 9.69. The van der Waals surface area contributed by atoms with E-state index in [-0.39, 0.29) is 10.8 Å². The lowest BCUT2D eigenvalue weighted by Crippen LogP contribution is -2.30. The maximum absolute atomic E-state index is 9.58. The molecule has 2 saturated carbocycles. The van der Waals surface area contributed by atoms with Crippen LogP contribution in [0.3, 0.4) is 0 Å². The van der Waals surface area contributed by atoms with E-state index in [1.54, 1.807) is 29.8 Å². The van der Waals surface area contributed by atoms with Gasteiger partial charge in [-0.3, -0.25) is 10.2 Å². The zero-order chi connectivity index (χ0) is 37.2. The van der Waals surface area contributed by atoms with E-state index in [1.165, 1.54) is 35.1 Å². The van der Waals surface area contributed by atoms with Crippen molar-refractivity contribution in [2.24, 2.45) is 22.1 Å². The Balaban J connectivity index is 0.000000144. The maximum Gasteiger partial charge on any atom is 0.117 e. The zero-order valence-electron chi connectivity index (χ0n) is 30.8. The fourth-order valence-corrected chi connectivity index (χ4v) is 10.1. The molecule has 8 nitrogen and oxygen atoms in total. The molecule has 2 atom stereocenters. The van der Waals surface area contributed by atoms with E-state index in [0.717, 1.165) is 83.9 Å². The monoisotopic (exact) mass is 764 g/mol. The molecule has 55 heavy (non-hydrogen) atoms. The number of nitrogens with zero attached hydrogens (tertiary/aromatic N) is 4. The second-order valence-electron chi connectivity index (χ2n) is 15.0. The molecule has 4 aromatic heterocycles. The van der Waals surface area contributed by atoms with Gasteiger partial charge in [0.05, 0.1) is 0 Å². The van der Waals surface area contributed by atoms with Crippen LogP contribution in [0.1, 0.15) is 94.7 Å². The first-order chi connectivity index (χ1) is 27.1. The van der Waals surface area contributed by atoms with Crippen molar-refractivity contribution in [2.45, 2.75) is 62.2 Å². The molecule has 0 spiro atoms. The highest BCUT2D eigenvalue weighted by Crippen LogP contribution is 2.45. The van der Waals surface area contributed by atoms with Crippen LogP contribution in [0.2, 0.25) is 0 Å². The number of aromatic nitrogens is 4. The summed E-state index contributed by atoms with van der Waals surface area (Å²) in [7, 11) is 1.62. The molecular formula is C45H44N6O2S2. The van der Waals surface area contributed by atoms with Gasteiger partial charge in [0.15, 0.2) is 0 Å². The van der Waals surface area contributed by atoms with Crippen LogP contribution in [0.4, 0.5) is 0 Å². The van der Waals surface area contributed by atoms with E-state index in [9.17, 15) is 5.21 Å². The third-order valence-corrected chi connectivity index (χ3v) is 13.5. The first-order valence-corrected chi connectivity index (χ1v) is 21.0. The first-order valence-electron chi connectivity index (χ1n) is 19.2. The Morgan fingerprint density at radius 1 is 0.673 bits per heavy atom. The average molecular weight is 765 g/mol. The van der Waals surface area contributed by atoms with Gasteiger partial charge in [0.1, 0.15) is 29.9 Å². The van der Waals surface area contributed by atoms with Crippen molar-refractivity contribution in [3.8, 4) is 0 Å². The summed E-state index contributed by atoms with van der Waals surface area (Å²) in [5.41, 5.74) is 12.8. The fourth-order valence-electron chi connectivity index (χ4n) is 8.65. The van der Waals surface area contributed by atoms with Gasteiger partial charge < -0.3 is 10.0 Å². The summed E-state index contributed by atoms with van der Waals surface area (Å²) in [5, 5.41) is 42.1. The molecule has 0 aliphatic heterocycles. The molecule has 2 fully saturated rings. The normalized spacial score (nSPS) is 22.2. The largest absolute Gasteiger partial charge is 0.411 e. The molecule has 10 rings (SSSR count). The number of rotatable bonds is 9. The van der Waals surface area contributed by atoms with Gasteiger partial charge >= 0.3 is 0 Å². The second-order valence-corrected chi connectivity index (χ2v) is 16.6. The van der Waals surface area contributed by atoms with Crippen molar-refractivity contribution in [1.82, 2.24) is 20.4 Å². The number of thiophene rings is 2. The van der Waals surface area contributed by atoms with Crippen LogP contribution >= 0.6 is 22.7 Å². The molecule has 3 N–H and O–H groups in total. The second kappa shape index (κ2) is 15.1. The number of allylic oxidation sites excluding steroid dienone is 2. The highest BCUT2D eigenvalue weighted by atomic mass is 32.1. The van der Waals surface area contributed by atoms with Gasteiger partial charge in [0.25, 0.3) is 0 Å². The molecule has 6 aromatic rings. The molecule has 0 radical (unpaired) electrons. The van der Waals surface area contributed by atoms with E-state index in [0.29, 0.717) is 11.8 Å². The van der Waals surface area contributed by atoms with Gasteiger partial charge in [0, 0.05) is 58.0 Å². The highest BCUT2D eigenvalue weighted by Gasteiger charge is 2.40. The van der Waals surface area contributed by atoms with E-state index in [1.807, 2.05) is 0 Å². The summed E-state index contributed by atoms with van der Waals surface area (Å²) in [4.78, 5) is 5.16. The Hall–Kier alpha value is -5.32. The zero-order valence-corrected chi connectivity index (χ0v) is 32.5. The first kappa shape index (κ1) is 35.4. The molecular weight excluding hydrogens is 721 g/mol. The number of fused-ring (bicyclic) bond motifs is 2. The fraction of sp³-hybridized carbons (Fsp3) is 0.289. The van der Waals surface area contributed by atoms with Crippen LogP contribution in [-0.4, -0.2) is 44.1 Å². The summed E-state index contributed by atoms with van der Waals surface area (Å²) in [6.07, 6.45) is 17.6. The van der Waals surface area contributed by atoms with Crippen LogP contribution < -0.4 is 0 Å². The summed E-state index contributed by atoms with van der Waals surface area (Å²) in [6, 6.07) is 25.8. The Labute approximate surface area is 329 Å². The Kier molecular flexibility index (Phi) is 9.70. The van der Waals surface area contributed by atoms with Crippen LogP contribution in [0.25, 0.3) is 12.2 Å². The van der Waals surface area contributed by atoms with Gasteiger partial charge in [-0.25, -0.2) is 0 Å². The van der Waals surface area contributed by atoms with Crippen molar-refractivity contribution in [2.75, 3.05) is 7.11 Å². The van der Waals surface area contributed by atoms with Crippen molar-refractivity contribution >= 4 is 46.2 Å². The van der Waals surface area contributed by atoms with Crippen molar-refractivity contribution in [1.29, 1.82) is 0 Å². The van der Waals surface area contributed by atoms with E-state index in [2.05, 4.69) is 149 Å². The third kappa shape index (κ3) is 6.31.